The van der Waals surface area contributed by atoms with Gasteiger partial charge in [-0.3, -0.25) is 14.5 Å². The summed E-state index contributed by atoms with van der Waals surface area (Å²) in [5, 5.41) is 3.95. The van der Waals surface area contributed by atoms with Crippen LogP contribution in [0.1, 0.15) is 17.8 Å². The second-order valence-electron chi connectivity index (χ2n) is 6.99. The molecule has 0 spiro atoms. The van der Waals surface area contributed by atoms with Crippen molar-refractivity contribution in [2.75, 3.05) is 13.1 Å². The molecule has 6 nitrogen and oxygen atoms in total. The molecule has 144 valence electrons. The molecule has 1 amide bonds. The van der Waals surface area contributed by atoms with Crippen LogP contribution in [-0.2, 0) is 17.8 Å². The van der Waals surface area contributed by atoms with Crippen LogP contribution < -0.4 is 10.9 Å². The van der Waals surface area contributed by atoms with Crippen molar-refractivity contribution in [1.82, 2.24) is 20.2 Å². The number of nitrogens with zero attached hydrogens (tertiary/aromatic N) is 2. The summed E-state index contributed by atoms with van der Waals surface area (Å²) in [6, 6.07) is 14.7. The van der Waals surface area contributed by atoms with Crippen molar-refractivity contribution in [2.45, 2.75) is 25.4 Å². The fraction of sp³-hybridized carbons (Fsp3) is 0.286. The molecule has 3 aromatic rings. The predicted octanol–water partition coefficient (Wildman–Crippen LogP) is 2.51. The van der Waals surface area contributed by atoms with E-state index in [2.05, 4.69) is 20.2 Å². The van der Waals surface area contributed by atoms with Gasteiger partial charge in [0.2, 0.25) is 5.91 Å². The third-order valence-electron chi connectivity index (χ3n) is 5.01. The average molecular weight is 397 g/mol. The molecular formula is C21H21ClN4O2. The van der Waals surface area contributed by atoms with Gasteiger partial charge in [0.15, 0.2) is 0 Å². The zero-order valence-corrected chi connectivity index (χ0v) is 16.1. The van der Waals surface area contributed by atoms with Gasteiger partial charge in [0.05, 0.1) is 23.5 Å². The van der Waals surface area contributed by atoms with E-state index in [1.165, 1.54) is 0 Å². The number of rotatable bonds is 4. The zero-order chi connectivity index (χ0) is 19.5. The molecular weight excluding hydrogens is 376 g/mol. The van der Waals surface area contributed by atoms with E-state index in [-0.39, 0.29) is 17.5 Å². The Morgan fingerprint density at radius 3 is 2.79 bits per heavy atom. The van der Waals surface area contributed by atoms with Crippen LogP contribution in [0.3, 0.4) is 0 Å². The van der Waals surface area contributed by atoms with Crippen LogP contribution in [0, 0.1) is 0 Å². The van der Waals surface area contributed by atoms with Crippen molar-refractivity contribution in [3.63, 3.8) is 0 Å². The van der Waals surface area contributed by atoms with Crippen molar-refractivity contribution < 1.29 is 4.79 Å². The highest BCUT2D eigenvalue weighted by atomic mass is 35.5. The number of aromatic nitrogens is 2. The van der Waals surface area contributed by atoms with E-state index in [9.17, 15) is 9.59 Å². The first-order chi connectivity index (χ1) is 13.6. The number of H-pyrrole nitrogens is 1. The van der Waals surface area contributed by atoms with Crippen LogP contribution in [0.15, 0.2) is 53.3 Å². The maximum absolute atomic E-state index is 12.7. The van der Waals surface area contributed by atoms with Crippen molar-refractivity contribution >= 4 is 28.4 Å². The first kappa shape index (κ1) is 18.7. The number of aromatic amines is 1. The zero-order valence-electron chi connectivity index (χ0n) is 15.3. The molecule has 1 saturated heterocycles. The highest BCUT2D eigenvalue weighted by Crippen LogP contribution is 2.17. The summed E-state index contributed by atoms with van der Waals surface area (Å²) in [5.74, 6) is 0.559. The molecule has 7 heteroatoms. The fourth-order valence-electron chi connectivity index (χ4n) is 3.61. The van der Waals surface area contributed by atoms with E-state index >= 15 is 0 Å². The average Bonchev–Trinajstić information content (AvgIpc) is 2.85. The third kappa shape index (κ3) is 4.08. The van der Waals surface area contributed by atoms with Crippen LogP contribution in [0.25, 0.3) is 10.9 Å². The Balaban J connectivity index is 1.63. The molecule has 1 aliphatic rings. The van der Waals surface area contributed by atoms with Gasteiger partial charge in [0.25, 0.3) is 5.56 Å². The largest absolute Gasteiger partial charge is 0.355 e. The third-order valence-corrected chi connectivity index (χ3v) is 5.24. The Hall–Kier alpha value is -2.70. The van der Waals surface area contributed by atoms with Crippen molar-refractivity contribution in [2.24, 2.45) is 0 Å². The Labute approximate surface area is 167 Å². The van der Waals surface area contributed by atoms with Crippen LogP contribution in [-0.4, -0.2) is 39.9 Å². The van der Waals surface area contributed by atoms with Crippen LogP contribution >= 0.6 is 11.6 Å². The molecule has 0 radical (unpaired) electrons. The molecule has 2 aromatic carbocycles. The summed E-state index contributed by atoms with van der Waals surface area (Å²) < 4.78 is 0. The number of carbonyl (C=O) groups excluding carboxylic acids is 1. The molecule has 0 bridgehead atoms. The molecule has 2 N–H and O–H groups in total. The molecule has 1 atom stereocenters. The number of hydrogen-bond acceptors (Lipinski definition) is 4. The summed E-state index contributed by atoms with van der Waals surface area (Å²) >= 11 is 5.98. The van der Waals surface area contributed by atoms with Gasteiger partial charge in [-0.05, 0) is 36.6 Å². The normalized spacial score (nSPS) is 18.0. The smallest absolute Gasteiger partial charge is 0.258 e. The number of benzene rings is 2. The highest BCUT2D eigenvalue weighted by molar-refractivity contribution is 6.31. The van der Waals surface area contributed by atoms with Crippen LogP contribution in [0.2, 0.25) is 5.02 Å². The lowest BCUT2D eigenvalue weighted by Crippen LogP contribution is -2.45. The monoisotopic (exact) mass is 396 g/mol. The topological polar surface area (TPSA) is 78.1 Å². The lowest BCUT2D eigenvalue weighted by Gasteiger charge is -2.28. The number of hydrogen-bond donors (Lipinski definition) is 2. The maximum Gasteiger partial charge on any atom is 0.258 e. The highest BCUT2D eigenvalue weighted by Gasteiger charge is 2.28. The lowest BCUT2D eigenvalue weighted by molar-refractivity contribution is -0.125. The first-order valence-corrected chi connectivity index (χ1v) is 9.72. The summed E-state index contributed by atoms with van der Waals surface area (Å²) in [7, 11) is 0. The summed E-state index contributed by atoms with van der Waals surface area (Å²) in [4.78, 5) is 34.6. The second kappa shape index (κ2) is 8.12. The number of carbonyl (C=O) groups is 1. The van der Waals surface area contributed by atoms with Gasteiger partial charge in [-0.2, -0.15) is 0 Å². The molecule has 0 aliphatic carbocycles. The van der Waals surface area contributed by atoms with Gasteiger partial charge in [-0.1, -0.05) is 41.9 Å². The summed E-state index contributed by atoms with van der Waals surface area (Å²) in [6.45, 7) is 1.80. The van der Waals surface area contributed by atoms with Gasteiger partial charge >= 0.3 is 0 Å². The predicted molar refractivity (Wildman–Crippen MR) is 109 cm³/mol. The summed E-state index contributed by atoms with van der Waals surface area (Å²) in [5.41, 5.74) is 1.48. The maximum atomic E-state index is 12.7. The van der Waals surface area contributed by atoms with E-state index in [4.69, 9.17) is 11.6 Å². The number of halogens is 1. The van der Waals surface area contributed by atoms with Crippen molar-refractivity contribution in [3.8, 4) is 0 Å². The molecule has 1 aliphatic heterocycles. The van der Waals surface area contributed by atoms with Gasteiger partial charge in [0.1, 0.15) is 5.82 Å². The van der Waals surface area contributed by atoms with Gasteiger partial charge in [-0.15, -0.1) is 0 Å². The Bertz CT molecular complexity index is 1050. The second-order valence-corrected chi connectivity index (χ2v) is 7.43. The molecule has 1 aromatic heterocycles. The first-order valence-electron chi connectivity index (χ1n) is 9.34. The lowest BCUT2D eigenvalue weighted by atomic mass is 10.0. The number of amides is 1. The van der Waals surface area contributed by atoms with E-state index < -0.39 is 0 Å². The molecule has 2 heterocycles. The Morgan fingerprint density at radius 1 is 1.14 bits per heavy atom. The molecule has 1 fully saturated rings. The van der Waals surface area contributed by atoms with Crippen LogP contribution in [0.4, 0.5) is 0 Å². The molecule has 4 rings (SSSR count). The SMILES string of the molecule is O=C1NCCCN(Cc2nc3ccc(Cl)cc3c(=O)[nH]2)C1Cc1ccccc1. The van der Waals surface area contributed by atoms with Gasteiger partial charge in [-0.25, -0.2) is 4.98 Å². The fourth-order valence-corrected chi connectivity index (χ4v) is 3.78. The molecule has 0 saturated carbocycles. The molecule has 1 unspecified atom stereocenters. The van der Waals surface area contributed by atoms with Gasteiger partial charge < -0.3 is 10.3 Å². The van der Waals surface area contributed by atoms with Crippen molar-refractivity contribution in [3.05, 3.63) is 75.3 Å². The Morgan fingerprint density at radius 2 is 1.96 bits per heavy atom. The van der Waals surface area contributed by atoms with Crippen molar-refractivity contribution in [1.29, 1.82) is 0 Å². The summed E-state index contributed by atoms with van der Waals surface area (Å²) in [6.07, 6.45) is 1.46. The number of nitrogens with one attached hydrogen (secondary N) is 2. The van der Waals surface area contributed by atoms with Crippen LogP contribution in [0.5, 0.6) is 0 Å². The van der Waals surface area contributed by atoms with E-state index in [1.807, 2.05) is 30.3 Å². The minimum Gasteiger partial charge on any atom is -0.355 e. The van der Waals surface area contributed by atoms with E-state index in [0.717, 1.165) is 18.5 Å². The molecule has 28 heavy (non-hydrogen) atoms. The van der Waals surface area contributed by atoms with E-state index in [0.29, 0.717) is 41.3 Å². The van der Waals surface area contributed by atoms with Gasteiger partial charge in [0, 0.05) is 18.1 Å². The standard InChI is InChI=1S/C21H21ClN4O2/c22-15-7-8-17-16(12-15)20(27)25-19(24-17)13-26-10-4-9-23-21(28)18(26)11-14-5-2-1-3-6-14/h1-3,5-8,12,18H,4,9-11,13H2,(H,23,28)(H,24,25,27). The minimum atomic E-state index is -0.309. The Kier molecular flexibility index (Phi) is 5.41. The minimum absolute atomic E-state index is 0.0104. The van der Waals surface area contributed by atoms with E-state index in [1.54, 1.807) is 18.2 Å². The number of fused-ring (bicyclic) bond motifs is 1. The quantitative estimate of drug-likeness (QED) is 0.710.